The number of piperidine rings is 1. The Hall–Kier alpha value is -0.890. The summed E-state index contributed by atoms with van der Waals surface area (Å²) < 4.78 is 35.9. The molecule has 2 rings (SSSR count). The number of nitrogens with one attached hydrogen (secondary N) is 2. The highest BCUT2D eigenvalue weighted by atomic mass is 35.5. The first-order chi connectivity index (χ1) is 10.8. The van der Waals surface area contributed by atoms with E-state index in [1.807, 2.05) is 0 Å². The van der Waals surface area contributed by atoms with Gasteiger partial charge in [-0.25, -0.2) is 12.8 Å². The van der Waals surface area contributed by atoms with Crippen molar-refractivity contribution < 1.29 is 17.6 Å². The minimum atomic E-state index is -3.52. The number of amides is 1. The molecular formula is C15H21Cl2FN2O3S. The van der Waals surface area contributed by atoms with Crippen LogP contribution in [0.15, 0.2) is 18.2 Å². The molecule has 1 aliphatic heterocycles. The Bertz CT molecular complexity index is 692. The Balaban J connectivity index is 0.00000288. The lowest BCUT2D eigenvalue weighted by molar-refractivity contribution is -0.124. The fraction of sp³-hybridized carbons (Fsp3) is 0.533. The summed E-state index contributed by atoms with van der Waals surface area (Å²) in [6.07, 6.45) is 2.03. The third kappa shape index (κ3) is 4.59. The third-order valence-corrected chi connectivity index (χ3v) is 6.59. The number of halogens is 3. The maximum atomic E-state index is 13.0. The first kappa shape index (κ1) is 21.2. The van der Waals surface area contributed by atoms with E-state index in [1.54, 1.807) is 6.07 Å². The maximum Gasteiger partial charge on any atom is 0.241 e. The fourth-order valence-electron chi connectivity index (χ4n) is 2.79. The predicted molar refractivity (Wildman–Crippen MR) is 95.1 cm³/mol. The summed E-state index contributed by atoms with van der Waals surface area (Å²) in [6.45, 7) is 1.23. The highest BCUT2D eigenvalue weighted by Gasteiger charge is 2.48. The molecule has 136 valence electrons. The van der Waals surface area contributed by atoms with Gasteiger partial charge in [0.25, 0.3) is 0 Å². The fourth-order valence-corrected chi connectivity index (χ4v) is 4.41. The molecule has 1 aromatic rings. The number of carbonyl (C=O) groups is 1. The molecule has 0 unspecified atom stereocenters. The molecule has 0 saturated carbocycles. The highest BCUT2D eigenvalue weighted by Crippen LogP contribution is 2.28. The van der Waals surface area contributed by atoms with Crippen molar-refractivity contribution in [2.75, 3.05) is 25.9 Å². The first-order valence-corrected chi connectivity index (χ1v) is 9.66. The van der Waals surface area contributed by atoms with Gasteiger partial charge in [0.05, 0.1) is 0 Å². The van der Waals surface area contributed by atoms with E-state index in [2.05, 4.69) is 10.6 Å². The van der Waals surface area contributed by atoms with Gasteiger partial charge >= 0.3 is 0 Å². The van der Waals surface area contributed by atoms with Gasteiger partial charge in [-0.1, -0.05) is 17.7 Å². The molecule has 1 aliphatic rings. The first-order valence-electron chi connectivity index (χ1n) is 7.39. The molecule has 2 N–H and O–H groups in total. The molecule has 0 bridgehead atoms. The SMILES string of the molecule is CS(=O)(=O)C1(C(=O)NCCc2ccc(F)cc2Cl)CCNCC1.Cl. The second kappa shape index (κ2) is 8.47. The Morgan fingerprint density at radius 2 is 2.00 bits per heavy atom. The number of benzene rings is 1. The van der Waals surface area contributed by atoms with Crippen LogP contribution in [0.3, 0.4) is 0 Å². The lowest BCUT2D eigenvalue weighted by Crippen LogP contribution is -2.57. The van der Waals surface area contributed by atoms with Gasteiger partial charge < -0.3 is 10.6 Å². The second-order valence-corrected chi connectivity index (χ2v) is 8.49. The molecular weight excluding hydrogens is 378 g/mol. The second-order valence-electron chi connectivity index (χ2n) is 5.76. The van der Waals surface area contributed by atoms with E-state index < -0.39 is 26.3 Å². The Morgan fingerprint density at radius 1 is 1.38 bits per heavy atom. The molecule has 9 heteroatoms. The zero-order valence-corrected chi connectivity index (χ0v) is 15.7. The van der Waals surface area contributed by atoms with Crippen molar-refractivity contribution in [2.45, 2.75) is 24.0 Å². The molecule has 0 radical (unpaired) electrons. The van der Waals surface area contributed by atoms with Gasteiger partial charge in [-0.3, -0.25) is 4.79 Å². The van der Waals surface area contributed by atoms with Crippen LogP contribution in [0, 0.1) is 5.82 Å². The van der Waals surface area contributed by atoms with Crippen molar-refractivity contribution in [3.8, 4) is 0 Å². The molecule has 1 aromatic carbocycles. The molecule has 24 heavy (non-hydrogen) atoms. The topological polar surface area (TPSA) is 75.3 Å². The standard InChI is InChI=1S/C15H20ClFN2O3S.ClH/c1-23(21,22)15(5-8-18-9-6-15)14(20)19-7-4-11-2-3-12(17)10-13(11)16;/h2-3,10,18H,4-9H2,1H3,(H,19,20);1H. The largest absolute Gasteiger partial charge is 0.354 e. The van der Waals surface area contributed by atoms with E-state index >= 15 is 0 Å². The van der Waals surface area contributed by atoms with Gasteiger partial charge in [-0.2, -0.15) is 0 Å². The monoisotopic (exact) mass is 398 g/mol. The summed E-state index contributed by atoms with van der Waals surface area (Å²) >= 11 is 5.94. The summed E-state index contributed by atoms with van der Waals surface area (Å²) in [5, 5.41) is 6.05. The highest BCUT2D eigenvalue weighted by molar-refractivity contribution is 7.92. The van der Waals surface area contributed by atoms with Crippen LogP contribution in [0.2, 0.25) is 5.02 Å². The summed E-state index contributed by atoms with van der Waals surface area (Å²) in [5.74, 6) is -0.895. The zero-order valence-electron chi connectivity index (χ0n) is 13.3. The van der Waals surface area contributed by atoms with Crippen molar-refractivity contribution in [1.29, 1.82) is 0 Å². The van der Waals surface area contributed by atoms with Gasteiger partial charge in [-0.15, -0.1) is 12.4 Å². The van der Waals surface area contributed by atoms with E-state index in [4.69, 9.17) is 11.6 Å². The number of carbonyl (C=O) groups excluding carboxylic acids is 1. The van der Waals surface area contributed by atoms with Gasteiger partial charge in [0, 0.05) is 17.8 Å². The van der Waals surface area contributed by atoms with Crippen LogP contribution in [-0.2, 0) is 21.1 Å². The van der Waals surface area contributed by atoms with Crippen molar-refractivity contribution >= 4 is 39.8 Å². The third-order valence-electron chi connectivity index (χ3n) is 4.23. The van der Waals surface area contributed by atoms with Gasteiger partial charge in [0.2, 0.25) is 5.91 Å². The maximum absolute atomic E-state index is 13.0. The Labute approximate surface area is 152 Å². The molecule has 0 aliphatic carbocycles. The average molecular weight is 399 g/mol. The number of hydrogen-bond acceptors (Lipinski definition) is 4. The van der Waals surface area contributed by atoms with Crippen LogP contribution in [-0.4, -0.2) is 45.0 Å². The van der Waals surface area contributed by atoms with Gasteiger partial charge in [-0.05, 0) is 50.0 Å². The summed E-state index contributed by atoms with van der Waals surface area (Å²) in [7, 11) is -3.52. The van der Waals surface area contributed by atoms with E-state index in [9.17, 15) is 17.6 Å². The average Bonchev–Trinajstić information content (AvgIpc) is 2.49. The van der Waals surface area contributed by atoms with Crippen LogP contribution in [0.25, 0.3) is 0 Å². The van der Waals surface area contributed by atoms with E-state index in [0.717, 1.165) is 6.26 Å². The lowest BCUT2D eigenvalue weighted by atomic mass is 9.95. The molecule has 0 aromatic heterocycles. The van der Waals surface area contributed by atoms with Crippen LogP contribution in [0.4, 0.5) is 4.39 Å². The van der Waals surface area contributed by atoms with Crippen LogP contribution in [0.1, 0.15) is 18.4 Å². The van der Waals surface area contributed by atoms with Crippen LogP contribution in [0.5, 0.6) is 0 Å². The molecule has 1 saturated heterocycles. The predicted octanol–water partition coefficient (Wildman–Crippen LogP) is 1.73. The van der Waals surface area contributed by atoms with Crippen molar-refractivity contribution in [2.24, 2.45) is 0 Å². The van der Waals surface area contributed by atoms with Crippen molar-refractivity contribution in [3.63, 3.8) is 0 Å². The van der Waals surface area contributed by atoms with E-state index in [-0.39, 0.29) is 31.8 Å². The Morgan fingerprint density at radius 3 is 2.54 bits per heavy atom. The molecule has 5 nitrogen and oxygen atoms in total. The smallest absolute Gasteiger partial charge is 0.241 e. The molecule has 1 heterocycles. The summed E-state index contributed by atoms with van der Waals surface area (Å²) in [6, 6.07) is 4.07. The van der Waals surface area contributed by atoms with Gasteiger partial charge in [0.1, 0.15) is 5.82 Å². The molecule has 1 fully saturated rings. The Kier molecular flexibility index (Phi) is 7.46. The zero-order chi connectivity index (χ0) is 17.1. The summed E-state index contributed by atoms with van der Waals surface area (Å²) in [5.41, 5.74) is 0.701. The quantitative estimate of drug-likeness (QED) is 0.791. The van der Waals surface area contributed by atoms with Gasteiger partial charge in [0.15, 0.2) is 14.6 Å². The van der Waals surface area contributed by atoms with Crippen LogP contribution >= 0.6 is 24.0 Å². The van der Waals surface area contributed by atoms with Crippen molar-refractivity contribution in [3.05, 3.63) is 34.6 Å². The molecule has 1 amide bonds. The van der Waals surface area contributed by atoms with Crippen LogP contribution < -0.4 is 10.6 Å². The lowest BCUT2D eigenvalue weighted by Gasteiger charge is -2.34. The van der Waals surface area contributed by atoms with E-state index in [0.29, 0.717) is 30.1 Å². The van der Waals surface area contributed by atoms with Crippen molar-refractivity contribution in [1.82, 2.24) is 10.6 Å². The number of hydrogen-bond donors (Lipinski definition) is 2. The van der Waals surface area contributed by atoms with E-state index in [1.165, 1.54) is 12.1 Å². The summed E-state index contributed by atoms with van der Waals surface area (Å²) in [4.78, 5) is 12.5. The number of sulfone groups is 1. The number of rotatable bonds is 5. The molecule has 0 spiro atoms. The normalized spacial score (nSPS) is 17.0. The molecule has 0 atom stereocenters. The minimum absolute atomic E-state index is 0. The minimum Gasteiger partial charge on any atom is -0.354 e.